The Bertz CT molecular complexity index is 525. The molecular weight excluding hydrogens is 318 g/mol. The monoisotopic (exact) mass is 339 g/mol. The van der Waals surface area contributed by atoms with E-state index in [4.69, 9.17) is 0 Å². The molecule has 4 nitrogen and oxygen atoms in total. The fourth-order valence-corrected chi connectivity index (χ4v) is 5.14. The molecule has 1 fully saturated rings. The molecule has 0 radical (unpaired) electrons. The van der Waals surface area contributed by atoms with E-state index in [0.717, 1.165) is 11.5 Å². The van der Waals surface area contributed by atoms with Crippen LogP contribution in [0.3, 0.4) is 0 Å². The molecular formula is C16H21NO3S2. The SMILES string of the molecule is CC(C)C[C@@H](NC(=O)c1ccc(C2SCCS2)cc1)C(=O)O. The van der Waals surface area contributed by atoms with Gasteiger partial charge in [0.1, 0.15) is 6.04 Å². The standard InChI is InChI=1S/C16H21NO3S2/c1-10(2)9-13(15(19)20)17-14(18)11-3-5-12(6-4-11)16-21-7-8-22-16/h3-6,10,13,16H,7-9H2,1-2H3,(H,17,18)(H,19,20)/t13-/m1/s1. The van der Waals surface area contributed by atoms with Crippen molar-refractivity contribution in [3.63, 3.8) is 0 Å². The molecule has 0 spiro atoms. The van der Waals surface area contributed by atoms with Crippen molar-refractivity contribution in [2.24, 2.45) is 5.92 Å². The molecule has 1 heterocycles. The van der Waals surface area contributed by atoms with E-state index in [1.54, 1.807) is 12.1 Å². The molecule has 6 heteroatoms. The summed E-state index contributed by atoms with van der Waals surface area (Å²) in [5.41, 5.74) is 1.72. The lowest BCUT2D eigenvalue weighted by Crippen LogP contribution is -2.41. The van der Waals surface area contributed by atoms with Crippen molar-refractivity contribution in [2.75, 3.05) is 11.5 Å². The summed E-state index contributed by atoms with van der Waals surface area (Å²) in [6.07, 6.45) is 0.425. The zero-order valence-electron chi connectivity index (χ0n) is 12.7. The Morgan fingerprint density at radius 2 is 1.82 bits per heavy atom. The van der Waals surface area contributed by atoms with Crippen LogP contribution in [0.2, 0.25) is 0 Å². The number of aliphatic carboxylic acids is 1. The van der Waals surface area contributed by atoms with Crippen molar-refractivity contribution in [1.29, 1.82) is 0 Å². The summed E-state index contributed by atoms with van der Waals surface area (Å²) in [6, 6.07) is 6.64. The fraction of sp³-hybridized carbons (Fsp3) is 0.500. The van der Waals surface area contributed by atoms with Crippen LogP contribution in [0, 0.1) is 5.92 Å². The summed E-state index contributed by atoms with van der Waals surface area (Å²) in [7, 11) is 0. The Labute approximate surface area is 139 Å². The van der Waals surface area contributed by atoms with E-state index in [0.29, 0.717) is 16.6 Å². The quantitative estimate of drug-likeness (QED) is 0.831. The molecule has 1 aromatic carbocycles. The number of benzene rings is 1. The molecule has 0 unspecified atom stereocenters. The van der Waals surface area contributed by atoms with Crippen molar-refractivity contribution >= 4 is 35.4 Å². The highest BCUT2D eigenvalue weighted by molar-refractivity contribution is 8.19. The van der Waals surface area contributed by atoms with Crippen LogP contribution in [0.25, 0.3) is 0 Å². The first-order valence-electron chi connectivity index (χ1n) is 7.34. The summed E-state index contributed by atoms with van der Waals surface area (Å²) in [4.78, 5) is 23.4. The maximum atomic E-state index is 12.2. The van der Waals surface area contributed by atoms with Crippen molar-refractivity contribution in [2.45, 2.75) is 30.9 Å². The normalized spacial score (nSPS) is 16.7. The Morgan fingerprint density at radius 1 is 1.23 bits per heavy atom. The van der Waals surface area contributed by atoms with E-state index in [9.17, 15) is 14.7 Å². The van der Waals surface area contributed by atoms with Gasteiger partial charge >= 0.3 is 5.97 Å². The third-order valence-electron chi connectivity index (χ3n) is 3.38. The molecule has 120 valence electrons. The van der Waals surface area contributed by atoms with Gasteiger partial charge in [0.2, 0.25) is 0 Å². The highest BCUT2D eigenvalue weighted by Crippen LogP contribution is 2.45. The second-order valence-electron chi connectivity index (χ2n) is 5.69. The van der Waals surface area contributed by atoms with Gasteiger partial charge in [-0.05, 0) is 30.0 Å². The molecule has 1 amide bonds. The van der Waals surface area contributed by atoms with E-state index in [1.165, 1.54) is 5.56 Å². The summed E-state index contributed by atoms with van der Waals surface area (Å²) in [6.45, 7) is 3.88. The Kier molecular flexibility index (Phi) is 6.20. The lowest BCUT2D eigenvalue weighted by molar-refractivity contribution is -0.139. The summed E-state index contributed by atoms with van der Waals surface area (Å²) in [5, 5.41) is 11.8. The highest BCUT2D eigenvalue weighted by Gasteiger charge is 2.22. The second kappa shape index (κ2) is 7.92. The Morgan fingerprint density at radius 3 is 2.32 bits per heavy atom. The molecule has 1 aromatic rings. The van der Waals surface area contributed by atoms with Gasteiger partial charge in [0.15, 0.2) is 0 Å². The van der Waals surface area contributed by atoms with Crippen LogP contribution in [-0.4, -0.2) is 34.5 Å². The molecule has 2 rings (SSSR count). The summed E-state index contributed by atoms with van der Waals surface area (Å²) >= 11 is 3.83. The fourth-order valence-electron chi connectivity index (χ4n) is 2.28. The molecule has 0 bridgehead atoms. The van der Waals surface area contributed by atoms with Gasteiger partial charge in [-0.1, -0.05) is 26.0 Å². The number of thioether (sulfide) groups is 2. The van der Waals surface area contributed by atoms with Crippen molar-refractivity contribution in [3.8, 4) is 0 Å². The van der Waals surface area contributed by atoms with Crippen LogP contribution in [-0.2, 0) is 4.79 Å². The van der Waals surface area contributed by atoms with Crippen molar-refractivity contribution in [1.82, 2.24) is 5.32 Å². The van der Waals surface area contributed by atoms with E-state index in [2.05, 4.69) is 5.32 Å². The average molecular weight is 339 g/mol. The van der Waals surface area contributed by atoms with Crippen LogP contribution in [0.15, 0.2) is 24.3 Å². The number of hydrogen-bond donors (Lipinski definition) is 2. The van der Waals surface area contributed by atoms with Crippen LogP contribution in [0.5, 0.6) is 0 Å². The first-order valence-corrected chi connectivity index (χ1v) is 9.44. The van der Waals surface area contributed by atoms with Gasteiger partial charge in [-0.25, -0.2) is 4.79 Å². The first-order chi connectivity index (χ1) is 10.5. The number of carbonyl (C=O) groups excluding carboxylic acids is 1. The highest BCUT2D eigenvalue weighted by atomic mass is 32.2. The minimum atomic E-state index is -0.988. The van der Waals surface area contributed by atoms with Crippen LogP contribution in [0.4, 0.5) is 0 Å². The first kappa shape index (κ1) is 17.2. The van der Waals surface area contributed by atoms with Crippen molar-refractivity contribution < 1.29 is 14.7 Å². The molecule has 1 aliphatic rings. The number of hydrogen-bond acceptors (Lipinski definition) is 4. The molecule has 1 saturated heterocycles. The number of carbonyl (C=O) groups is 2. The van der Waals surface area contributed by atoms with Crippen LogP contribution in [0.1, 0.15) is 40.8 Å². The molecule has 2 N–H and O–H groups in total. The third kappa shape index (κ3) is 4.68. The van der Waals surface area contributed by atoms with E-state index < -0.39 is 12.0 Å². The smallest absolute Gasteiger partial charge is 0.326 e. The lowest BCUT2D eigenvalue weighted by Gasteiger charge is -2.16. The van der Waals surface area contributed by atoms with E-state index in [1.807, 2.05) is 49.5 Å². The number of carboxylic acid groups (broad SMARTS) is 1. The van der Waals surface area contributed by atoms with Gasteiger partial charge in [0.25, 0.3) is 5.91 Å². The predicted octanol–water partition coefficient (Wildman–Crippen LogP) is 3.39. The zero-order valence-corrected chi connectivity index (χ0v) is 14.4. The number of rotatable bonds is 6. The molecule has 1 atom stereocenters. The molecule has 0 saturated carbocycles. The molecule has 0 aliphatic carbocycles. The lowest BCUT2D eigenvalue weighted by atomic mass is 10.0. The maximum Gasteiger partial charge on any atom is 0.326 e. The average Bonchev–Trinajstić information content (AvgIpc) is 3.00. The largest absolute Gasteiger partial charge is 0.480 e. The topological polar surface area (TPSA) is 66.4 Å². The Balaban J connectivity index is 2.00. The molecule has 22 heavy (non-hydrogen) atoms. The Hall–Kier alpha value is -1.14. The number of nitrogens with one attached hydrogen (secondary N) is 1. The van der Waals surface area contributed by atoms with Crippen LogP contribution < -0.4 is 5.32 Å². The van der Waals surface area contributed by atoms with E-state index in [-0.39, 0.29) is 11.8 Å². The summed E-state index contributed by atoms with van der Waals surface area (Å²) in [5.74, 6) is 1.21. The summed E-state index contributed by atoms with van der Waals surface area (Å²) < 4.78 is 0.449. The van der Waals surface area contributed by atoms with Crippen LogP contribution >= 0.6 is 23.5 Å². The van der Waals surface area contributed by atoms with Gasteiger partial charge in [0.05, 0.1) is 4.58 Å². The van der Waals surface area contributed by atoms with Gasteiger partial charge in [0, 0.05) is 17.1 Å². The molecule has 0 aromatic heterocycles. The molecule has 1 aliphatic heterocycles. The van der Waals surface area contributed by atoms with E-state index >= 15 is 0 Å². The van der Waals surface area contributed by atoms with Gasteiger partial charge < -0.3 is 10.4 Å². The van der Waals surface area contributed by atoms with Gasteiger partial charge in [-0.2, -0.15) is 0 Å². The van der Waals surface area contributed by atoms with Crippen molar-refractivity contribution in [3.05, 3.63) is 35.4 Å². The van der Waals surface area contributed by atoms with Gasteiger partial charge in [-0.15, -0.1) is 23.5 Å². The number of amides is 1. The zero-order chi connectivity index (χ0) is 16.1. The number of carboxylic acids is 1. The second-order valence-corrected chi connectivity index (χ2v) is 8.41. The van der Waals surface area contributed by atoms with Gasteiger partial charge in [-0.3, -0.25) is 4.79 Å². The predicted molar refractivity (Wildman–Crippen MR) is 92.4 cm³/mol. The third-order valence-corrected chi connectivity index (χ3v) is 6.48. The minimum absolute atomic E-state index is 0.209. The minimum Gasteiger partial charge on any atom is -0.480 e. The maximum absolute atomic E-state index is 12.2.